The Morgan fingerprint density at radius 2 is 1.11 bits per heavy atom. The second-order valence-corrected chi connectivity index (χ2v) is 7.83. The van der Waals surface area contributed by atoms with Crippen molar-refractivity contribution in [1.82, 2.24) is 0 Å². The highest BCUT2D eigenvalue weighted by molar-refractivity contribution is 6.05. The van der Waals surface area contributed by atoms with Gasteiger partial charge < -0.3 is 0 Å². The molecule has 0 aliphatic carbocycles. The molecule has 0 atom stereocenters. The maximum absolute atomic E-state index is 2.31. The molecule has 1 heteroatoms. The first kappa shape index (κ1) is 18.2. The van der Waals surface area contributed by atoms with Crippen LogP contribution in [0.15, 0.2) is 84.9 Å². The second kappa shape index (κ2) is 7.44. The first-order valence-corrected chi connectivity index (χ1v) is 9.78. The molecule has 0 radical (unpaired) electrons. The summed E-state index contributed by atoms with van der Waals surface area (Å²) in [5, 5.41) is 0. The van der Waals surface area contributed by atoms with Gasteiger partial charge >= 0.3 is 0 Å². The number of hydrogen-bond acceptors (Lipinski definition) is 0. The maximum Gasteiger partial charge on any atom is 0.209 e. The average molecular weight is 365 g/mol. The van der Waals surface area contributed by atoms with Crippen molar-refractivity contribution in [3.63, 3.8) is 0 Å². The fraction of sp³-hybridized carbons (Fsp3) is 0.148. The molecule has 1 nitrogen and oxygen atoms in total. The summed E-state index contributed by atoms with van der Waals surface area (Å²) in [6.45, 7) is 4.60. The van der Waals surface area contributed by atoms with Crippen LogP contribution in [0, 0.1) is 0 Å². The third-order valence-electron chi connectivity index (χ3n) is 5.58. The molecule has 1 aliphatic rings. The van der Waals surface area contributed by atoms with Crippen LogP contribution in [0.25, 0.3) is 18.2 Å². The lowest BCUT2D eigenvalue weighted by Gasteiger charge is -2.15. The van der Waals surface area contributed by atoms with Gasteiger partial charge in [0.1, 0.15) is 7.05 Å². The Morgan fingerprint density at radius 3 is 1.71 bits per heavy atom. The van der Waals surface area contributed by atoms with E-state index in [0.717, 1.165) is 0 Å². The van der Waals surface area contributed by atoms with E-state index in [1.807, 2.05) is 6.07 Å². The number of fused-ring (bicyclic) bond motifs is 1. The smallest absolute Gasteiger partial charge is 0.198 e. The summed E-state index contributed by atoms with van der Waals surface area (Å²) in [6, 6.07) is 27.8. The summed E-state index contributed by atoms with van der Waals surface area (Å²) in [4.78, 5) is 0. The molecule has 0 saturated heterocycles. The van der Waals surface area contributed by atoms with Gasteiger partial charge in [0.25, 0.3) is 0 Å². The van der Waals surface area contributed by atoms with Crippen molar-refractivity contribution in [3.8, 4) is 0 Å². The predicted octanol–water partition coefficient (Wildman–Crippen LogP) is 6.58. The monoisotopic (exact) mass is 364 g/mol. The maximum atomic E-state index is 2.31. The molecule has 0 spiro atoms. The summed E-state index contributed by atoms with van der Waals surface area (Å²) in [5.41, 5.74) is 7.66. The van der Waals surface area contributed by atoms with E-state index in [4.69, 9.17) is 0 Å². The number of rotatable bonds is 4. The molecule has 0 N–H and O–H groups in total. The van der Waals surface area contributed by atoms with Crippen molar-refractivity contribution >= 4 is 29.6 Å². The largest absolute Gasteiger partial charge is 0.209 e. The molecule has 3 aromatic rings. The first-order valence-electron chi connectivity index (χ1n) is 9.78. The minimum Gasteiger partial charge on any atom is -0.198 e. The van der Waals surface area contributed by atoms with Gasteiger partial charge in [0.2, 0.25) is 5.69 Å². The van der Waals surface area contributed by atoms with Crippen LogP contribution in [0.2, 0.25) is 0 Å². The fourth-order valence-electron chi connectivity index (χ4n) is 3.95. The number of benzene rings is 3. The van der Waals surface area contributed by atoms with Crippen LogP contribution in [0.4, 0.5) is 5.69 Å². The van der Waals surface area contributed by atoms with Crippen molar-refractivity contribution in [2.45, 2.75) is 19.3 Å². The van der Waals surface area contributed by atoms with E-state index in [-0.39, 0.29) is 5.41 Å². The summed E-state index contributed by atoms with van der Waals surface area (Å²) < 4.78 is 2.31. The highest BCUT2D eigenvalue weighted by atomic mass is 15.0. The predicted molar refractivity (Wildman–Crippen MR) is 121 cm³/mol. The summed E-state index contributed by atoms with van der Waals surface area (Å²) >= 11 is 0. The van der Waals surface area contributed by atoms with Crippen LogP contribution in [0.3, 0.4) is 0 Å². The fourth-order valence-corrected chi connectivity index (χ4v) is 3.95. The van der Waals surface area contributed by atoms with E-state index in [1.165, 1.54) is 33.7 Å². The van der Waals surface area contributed by atoms with E-state index in [9.17, 15) is 0 Å². The molecule has 0 saturated carbocycles. The van der Waals surface area contributed by atoms with Crippen molar-refractivity contribution in [2.75, 3.05) is 7.05 Å². The lowest BCUT2D eigenvalue weighted by molar-refractivity contribution is -0.401. The van der Waals surface area contributed by atoms with Crippen molar-refractivity contribution in [3.05, 3.63) is 107 Å². The van der Waals surface area contributed by atoms with Gasteiger partial charge in [-0.05, 0) is 36.6 Å². The van der Waals surface area contributed by atoms with Crippen LogP contribution in [-0.4, -0.2) is 17.3 Å². The molecule has 4 rings (SSSR count). The van der Waals surface area contributed by atoms with Crippen LogP contribution in [0.5, 0.6) is 0 Å². The van der Waals surface area contributed by atoms with E-state index >= 15 is 0 Å². The van der Waals surface area contributed by atoms with E-state index in [1.54, 1.807) is 0 Å². The lowest BCUT2D eigenvalue weighted by atomic mass is 9.81. The van der Waals surface area contributed by atoms with E-state index in [0.29, 0.717) is 0 Å². The summed E-state index contributed by atoms with van der Waals surface area (Å²) in [5.74, 6) is 0. The third kappa shape index (κ3) is 3.48. The molecule has 0 aromatic heterocycles. The zero-order valence-corrected chi connectivity index (χ0v) is 16.8. The molecule has 1 aliphatic heterocycles. The highest BCUT2D eigenvalue weighted by Gasteiger charge is 2.42. The summed E-state index contributed by atoms with van der Waals surface area (Å²) in [7, 11) is 2.16. The topological polar surface area (TPSA) is 3.01 Å². The average Bonchev–Trinajstić information content (AvgIpc) is 2.92. The normalized spacial score (nSPS) is 15.5. The van der Waals surface area contributed by atoms with Gasteiger partial charge in [-0.3, -0.25) is 0 Å². The minimum absolute atomic E-state index is 0.0141. The van der Waals surface area contributed by atoms with Crippen molar-refractivity contribution in [1.29, 1.82) is 0 Å². The van der Waals surface area contributed by atoms with Gasteiger partial charge in [0.15, 0.2) is 5.71 Å². The Hall–Kier alpha value is -3.19. The Morgan fingerprint density at radius 1 is 0.607 bits per heavy atom. The van der Waals surface area contributed by atoms with Crippen LogP contribution < -0.4 is 0 Å². The zero-order chi connectivity index (χ0) is 19.6. The van der Waals surface area contributed by atoms with E-state index < -0.39 is 0 Å². The molecule has 138 valence electrons. The molecule has 0 fully saturated rings. The Kier molecular flexibility index (Phi) is 4.83. The summed E-state index contributed by atoms with van der Waals surface area (Å²) in [6.07, 6.45) is 8.77. The van der Waals surface area contributed by atoms with Crippen LogP contribution in [0.1, 0.15) is 36.1 Å². The van der Waals surface area contributed by atoms with Gasteiger partial charge in [-0.2, -0.15) is 4.58 Å². The van der Waals surface area contributed by atoms with Gasteiger partial charge in [-0.25, -0.2) is 0 Å². The van der Waals surface area contributed by atoms with Crippen LogP contribution in [-0.2, 0) is 5.41 Å². The molecule has 0 amide bonds. The zero-order valence-electron chi connectivity index (χ0n) is 16.8. The second-order valence-electron chi connectivity index (χ2n) is 7.83. The van der Waals surface area contributed by atoms with E-state index in [2.05, 4.69) is 123 Å². The van der Waals surface area contributed by atoms with Gasteiger partial charge in [-0.15, -0.1) is 0 Å². The lowest BCUT2D eigenvalue weighted by Crippen LogP contribution is -2.26. The Labute approximate surface area is 168 Å². The first-order chi connectivity index (χ1) is 13.6. The van der Waals surface area contributed by atoms with Gasteiger partial charge in [0.05, 0.1) is 5.41 Å². The van der Waals surface area contributed by atoms with Gasteiger partial charge in [-0.1, -0.05) is 84.9 Å². The Balaban J connectivity index is 1.53. The molecule has 1 heterocycles. The molecule has 0 bridgehead atoms. The van der Waals surface area contributed by atoms with Crippen molar-refractivity contribution < 1.29 is 4.58 Å². The standard InChI is InChI=1S/C27H26N/c1-27(2)24-11-7-8-12-25(24)28(3)26(27)20-19-23-17-15-22(16-18-23)14-13-21-9-5-4-6-10-21/h4-20H,1-3H3/q+1/b14-13+,20-19+. The quantitative estimate of drug-likeness (QED) is 0.363. The SMILES string of the molecule is C[N+]1=C(/C=C/c2ccc(/C=C/c3ccccc3)cc2)C(C)(C)c2ccccc21. The van der Waals surface area contributed by atoms with Gasteiger partial charge in [0, 0.05) is 17.7 Å². The molecule has 28 heavy (non-hydrogen) atoms. The molecular weight excluding hydrogens is 338 g/mol. The Bertz CT molecular complexity index is 1060. The number of para-hydroxylation sites is 1. The minimum atomic E-state index is 0.0141. The number of allylic oxidation sites excluding steroid dienone is 1. The molecule has 0 unspecified atom stereocenters. The number of nitrogens with zero attached hydrogens (tertiary/aromatic N) is 1. The molecule has 3 aromatic carbocycles. The van der Waals surface area contributed by atoms with Crippen molar-refractivity contribution in [2.24, 2.45) is 0 Å². The third-order valence-corrected chi connectivity index (χ3v) is 5.58. The van der Waals surface area contributed by atoms with Crippen LogP contribution >= 0.6 is 0 Å². The highest BCUT2D eigenvalue weighted by Crippen LogP contribution is 2.39. The molecular formula is C27H26N+. The number of hydrogen-bond donors (Lipinski definition) is 0.